The van der Waals surface area contributed by atoms with E-state index in [0.717, 1.165) is 23.2 Å². The molecule has 0 saturated heterocycles. The zero-order chi connectivity index (χ0) is 16.4. The van der Waals surface area contributed by atoms with Gasteiger partial charge in [-0.25, -0.2) is 0 Å². The van der Waals surface area contributed by atoms with Gasteiger partial charge in [-0.3, -0.25) is 4.79 Å². The second-order valence-electron chi connectivity index (χ2n) is 5.99. The quantitative estimate of drug-likeness (QED) is 0.782. The third kappa shape index (κ3) is 3.59. The van der Waals surface area contributed by atoms with Gasteiger partial charge >= 0.3 is 0 Å². The van der Waals surface area contributed by atoms with Gasteiger partial charge in [-0.1, -0.05) is 19.0 Å². The summed E-state index contributed by atoms with van der Waals surface area (Å²) in [7, 11) is 0. The maximum Gasteiger partial charge on any atom is 0.251 e. The highest BCUT2D eigenvalue weighted by Gasteiger charge is 2.12. The Hall–Kier alpha value is -2.63. The molecule has 120 valence electrons. The Morgan fingerprint density at radius 1 is 1.30 bits per heavy atom. The molecule has 3 aromatic rings. The Morgan fingerprint density at radius 3 is 2.91 bits per heavy atom. The minimum Gasteiger partial charge on any atom is -0.461 e. The molecule has 2 aromatic heterocycles. The van der Waals surface area contributed by atoms with Crippen LogP contribution in [0.4, 0.5) is 0 Å². The number of nitrogens with one attached hydrogen (secondary N) is 1. The molecule has 3 rings (SSSR count). The number of hydrogen-bond donors (Lipinski definition) is 1. The summed E-state index contributed by atoms with van der Waals surface area (Å²) in [6.45, 7) is 6.27. The van der Waals surface area contributed by atoms with E-state index in [4.69, 9.17) is 8.94 Å². The average molecular weight is 313 g/mol. The van der Waals surface area contributed by atoms with E-state index in [-0.39, 0.29) is 12.5 Å². The van der Waals surface area contributed by atoms with Gasteiger partial charge in [-0.2, -0.15) is 4.98 Å². The highest BCUT2D eigenvalue weighted by atomic mass is 16.5. The molecule has 0 radical (unpaired) electrons. The summed E-state index contributed by atoms with van der Waals surface area (Å²) in [6, 6.07) is 7.24. The molecule has 0 atom stereocenters. The maximum atomic E-state index is 12.2. The van der Waals surface area contributed by atoms with E-state index >= 15 is 0 Å². The van der Waals surface area contributed by atoms with Crippen LogP contribution >= 0.6 is 0 Å². The molecule has 2 heterocycles. The SMILES string of the molecule is Cc1cc2cc(C(=O)NCc3nc(CC(C)C)no3)ccc2o1. The molecule has 6 nitrogen and oxygen atoms in total. The Balaban J connectivity index is 1.64. The fourth-order valence-electron chi connectivity index (χ4n) is 2.39. The monoisotopic (exact) mass is 313 g/mol. The molecule has 23 heavy (non-hydrogen) atoms. The number of nitrogens with zero attached hydrogens (tertiary/aromatic N) is 2. The van der Waals surface area contributed by atoms with Crippen molar-refractivity contribution in [3.63, 3.8) is 0 Å². The number of furan rings is 1. The highest BCUT2D eigenvalue weighted by Crippen LogP contribution is 2.20. The lowest BCUT2D eigenvalue weighted by Gasteiger charge is -2.02. The summed E-state index contributed by atoms with van der Waals surface area (Å²) in [6.07, 6.45) is 0.758. The van der Waals surface area contributed by atoms with Crippen molar-refractivity contribution < 1.29 is 13.7 Å². The molecule has 0 aliphatic heterocycles. The van der Waals surface area contributed by atoms with Crippen molar-refractivity contribution in [2.45, 2.75) is 33.7 Å². The van der Waals surface area contributed by atoms with Crippen molar-refractivity contribution in [3.8, 4) is 0 Å². The standard InChI is InChI=1S/C17H19N3O3/c1-10(2)6-15-19-16(23-20-15)9-18-17(21)12-4-5-14-13(8-12)7-11(3)22-14/h4-5,7-8,10H,6,9H2,1-3H3,(H,18,21). The summed E-state index contributed by atoms with van der Waals surface area (Å²) in [4.78, 5) is 16.5. The molecule has 0 bridgehead atoms. The van der Waals surface area contributed by atoms with E-state index in [1.807, 2.05) is 13.0 Å². The van der Waals surface area contributed by atoms with E-state index in [1.54, 1.807) is 18.2 Å². The van der Waals surface area contributed by atoms with Crippen LogP contribution in [-0.2, 0) is 13.0 Å². The fourth-order valence-corrected chi connectivity index (χ4v) is 2.39. The lowest BCUT2D eigenvalue weighted by Crippen LogP contribution is -2.22. The minimum absolute atomic E-state index is 0.186. The van der Waals surface area contributed by atoms with Crippen LogP contribution in [0.25, 0.3) is 11.0 Å². The second-order valence-corrected chi connectivity index (χ2v) is 5.99. The number of aromatic nitrogens is 2. The van der Waals surface area contributed by atoms with Gasteiger partial charge in [0.25, 0.3) is 5.91 Å². The molecule has 1 aromatic carbocycles. The van der Waals surface area contributed by atoms with E-state index < -0.39 is 0 Å². The van der Waals surface area contributed by atoms with Gasteiger partial charge in [0.05, 0.1) is 6.54 Å². The van der Waals surface area contributed by atoms with Crippen molar-refractivity contribution in [1.82, 2.24) is 15.5 Å². The molecule has 0 unspecified atom stereocenters. The molecule has 0 aliphatic carbocycles. The number of amides is 1. The second kappa shape index (κ2) is 6.24. The molecule has 1 amide bonds. The van der Waals surface area contributed by atoms with Gasteiger partial charge in [0, 0.05) is 17.4 Å². The topological polar surface area (TPSA) is 81.2 Å². The van der Waals surface area contributed by atoms with Crippen molar-refractivity contribution >= 4 is 16.9 Å². The van der Waals surface area contributed by atoms with Crippen molar-refractivity contribution in [2.75, 3.05) is 0 Å². The number of hydrogen-bond acceptors (Lipinski definition) is 5. The predicted octanol–water partition coefficient (Wildman–Crippen LogP) is 3.25. The van der Waals surface area contributed by atoms with E-state index in [0.29, 0.717) is 23.2 Å². The van der Waals surface area contributed by atoms with Gasteiger partial charge in [0.1, 0.15) is 11.3 Å². The maximum absolute atomic E-state index is 12.2. The van der Waals surface area contributed by atoms with Crippen LogP contribution in [0.5, 0.6) is 0 Å². The van der Waals surface area contributed by atoms with Gasteiger partial charge in [-0.15, -0.1) is 0 Å². The third-order valence-electron chi connectivity index (χ3n) is 3.40. The first-order chi connectivity index (χ1) is 11.0. The lowest BCUT2D eigenvalue weighted by molar-refractivity contribution is 0.0946. The number of benzene rings is 1. The number of carbonyl (C=O) groups is 1. The summed E-state index contributed by atoms with van der Waals surface area (Å²) in [5.41, 5.74) is 1.34. The first kappa shape index (κ1) is 15.3. The first-order valence-corrected chi connectivity index (χ1v) is 7.61. The van der Waals surface area contributed by atoms with E-state index in [1.165, 1.54) is 0 Å². The normalized spacial score (nSPS) is 11.3. The van der Waals surface area contributed by atoms with Gasteiger partial charge in [0.15, 0.2) is 5.82 Å². The molecule has 0 spiro atoms. The smallest absolute Gasteiger partial charge is 0.251 e. The molecule has 6 heteroatoms. The van der Waals surface area contributed by atoms with Crippen LogP contribution in [0.1, 0.15) is 41.7 Å². The first-order valence-electron chi connectivity index (χ1n) is 7.61. The van der Waals surface area contributed by atoms with Crippen LogP contribution < -0.4 is 5.32 Å². The van der Waals surface area contributed by atoms with E-state index in [2.05, 4.69) is 29.3 Å². The number of aryl methyl sites for hydroxylation is 1. The van der Waals surface area contributed by atoms with Gasteiger partial charge in [0.2, 0.25) is 5.89 Å². The van der Waals surface area contributed by atoms with Gasteiger partial charge in [-0.05, 0) is 37.1 Å². The van der Waals surface area contributed by atoms with Crippen LogP contribution in [-0.4, -0.2) is 16.0 Å². The summed E-state index contributed by atoms with van der Waals surface area (Å²) >= 11 is 0. The fraction of sp³-hybridized carbons (Fsp3) is 0.353. The summed E-state index contributed by atoms with van der Waals surface area (Å²) < 4.78 is 10.6. The molecule has 0 aliphatic rings. The largest absolute Gasteiger partial charge is 0.461 e. The lowest BCUT2D eigenvalue weighted by atomic mass is 10.1. The summed E-state index contributed by atoms with van der Waals surface area (Å²) in [5, 5.41) is 7.60. The predicted molar refractivity (Wildman–Crippen MR) is 85.0 cm³/mol. The van der Waals surface area contributed by atoms with E-state index in [9.17, 15) is 4.79 Å². The Kier molecular flexibility index (Phi) is 4.14. The Morgan fingerprint density at radius 2 is 2.13 bits per heavy atom. The molecule has 0 fully saturated rings. The molecular formula is C17H19N3O3. The number of carbonyl (C=O) groups excluding carboxylic acids is 1. The Labute approximate surface area is 133 Å². The number of rotatable bonds is 5. The van der Waals surface area contributed by atoms with Crippen LogP contribution in [0, 0.1) is 12.8 Å². The van der Waals surface area contributed by atoms with Crippen LogP contribution in [0.3, 0.4) is 0 Å². The van der Waals surface area contributed by atoms with Crippen molar-refractivity contribution in [2.24, 2.45) is 5.92 Å². The average Bonchev–Trinajstić information content (AvgIpc) is 3.08. The molecule has 0 saturated carbocycles. The highest BCUT2D eigenvalue weighted by molar-refractivity contribution is 5.97. The number of fused-ring (bicyclic) bond motifs is 1. The van der Waals surface area contributed by atoms with Gasteiger partial charge < -0.3 is 14.3 Å². The van der Waals surface area contributed by atoms with Crippen LogP contribution in [0.2, 0.25) is 0 Å². The third-order valence-corrected chi connectivity index (χ3v) is 3.40. The molecular weight excluding hydrogens is 294 g/mol. The van der Waals surface area contributed by atoms with Crippen molar-refractivity contribution in [1.29, 1.82) is 0 Å². The Bertz CT molecular complexity index is 833. The summed E-state index contributed by atoms with van der Waals surface area (Å²) in [5.74, 6) is 2.17. The van der Waals surface area contributed by atoms with Crippen LogP contribution in [0.15, 0.2) is 33.2 Å². The zero-order valence-corrected chi connectivity index (χ0v) is 13.4. The molecule has 1 N–H and O–H groups in total. The minimum atomic E-state index is -0.186. The zero-order valence-electron chi connectivity index (χ0n) is 13.4. The van der Waals surface area contributed by atoms with Crippen molar-refractivity contribution in [3.05, 3.63) is 47.3 Å².